The quantitative estimate of drug-likeness (QED) is 0.861. The molecule has 0 unspecified atom stereocenters. The molecular weight excluding hydrogens is 232 g/mol. The first kappa shape index (κ1) is 12.1. The van der Waals surface area contributed by atoms with Crippen LogP contribution < -0.4 is 10.1 Å². The summed E-state index contributed by atoms with van der Waals surface area (Å²) in [5.41, 5.74) is 0. The predicted molar refractivity (Wildman–Crippen MR) is 66.2 cm³/mol. The smallest absolute Gasteiger partial charge is 0.229 e. The fourth-order valence-corrected chi connectivity index (χ4v) is 1.39. The number of nitrogens with one attached hydrogen (secondary N) is 1. The molecule has 1 aromatic carbocycles. The van der Waals surface area contributed by atoms with E-state index in [1.807, 2.05) is 30.3 Å². The second-order valence-electron chi connectivity index (χ2n) is 3.74. The molecule has 1 amide bonds. The number of aryl methyl sites for hydroxylation is 1. The number of carbonyl (C=O) groups is 1. The van der Waals surface area contributed by atoms with E-state index < -0.39 is 0 Å². The number of para-hydroxylation sites is 1. The van der Waals surface area contributed by atoms with Crippen molar-refractivity contribution in [3.63, 3.8) is 0 Å². The Labute approximate surface area is 105 Å². The van der Waals surface area contributed by atoms with Crippen molar-refractivity contribution in [3.8, 4) is 5.75 Å². The molecule has 0 atom stereocenters. The molecule has 0 spiro atoms. The van der Waals surface area contributed by atoms with E-state index in [1.165, 1.54) is 4.68 Å². The Morgan fingerprint density at radius 3 is 2.83 bits per heavy atom. The molecular formula is C12H14N4O2. The molecule has 1 N–H and O–H groups in total. The van der Waals surface area contributed by atoms with Gasteiger partial charge >= 0.3 is 0 Å². The highest BCUT2D eigenvalue weighted by Gasteiger charge is 2.05. The second-order valence-corrected chi connectivity index (χ2v) is 3.74. The van der Waals surface area contributed by atoms with Gasteiger partial charge in [-0.25, -0.2) is 0 Å². The highest BCUT2D eigenvalue weighted by Crippen LogP contribution is 2.08. The van der Waals surface area contributed by atoms with Crippen molar-refractivity contribution in [2.24, 2.45) is 7.05 Å². The van der Waals surface area contributed by atoms with E-state index in [4.69, 9.17) is 4.74 Å². The summed E-state index contributed by atoms with van der Waals surface area (Å²) < 4.78 is 6.94. The number of rotatable bonds is 5. The fraction of sp³-hybridized carbons (Fsp3) is 0.250. The monoisotopic (exact) mass is 246 g/mol. The summed E-state index contributed by atoms with van der Waals surface area (Å²) in [6.07, 6.45) is 1.90. The molecule has 6 nitrogen and oxygen atoms in total. The van der Waals surface area contributed by atoms with E-state index in [2.05, 4.69) is 15.6 Å². The molecule has 1 aromatic heterocycles. The van der Waals surface area contributed by atoms with Crippen LogP contribution in [0, 0.1) is 0 Å². The van der Waals surface area contributed by atoms with Crippen molar-refractivity contribution in [1.29, 1.82) is 0 Å². The molecule has 0 saturated carbocycles. The van der Waals surface area contributed by atoms with Crippen molar-refractivity contribution in [3.05, 3.63) is 36.5 Å². The number of nitrogens with zero attached hydrogens (tertiary/aromatic N) is 3. The van der Waals surface area contributed by atoms with Gasteiger partial charge in [-0.3, -0.25) is 9.48 Å². The van der Waals surface area contributed by atoms with Crippen LogP contribution in [-0.4, -0.2) is 27.5 Å². The van der Waals surface area contributed by atoms with Crippen LogP contribution in [0.4, 0.5) is 5.82 Å². The van der Waals surface area contributed by atoms with Crippen LogP contribution >= 0.6 is 0 Å². The molecule has 0 saturated heterocycles. The van der Waals surface area contributed by atoms with Gasteiger partial charge < -0.3 is 10.1 Å². The van der Waals surface area contributed by atoms with Crippen molar-refractivity contribution in [1.82, 2.24) is 15.0 Å². The largest absolute Gasteiger partial charge is 0.493 e. The van der Waals surface area contributed by atoms with Gasteiger partial charge in [0.05, 0.1) is 19.2 Å². The van der Waals surface area contributed by atoms with Crippen molar-refractivity contribution in [2.45, 2.75) is 6.42 Å². The Bertz CT molecular complexity index is 510. The average molecular weight is 246 g/mol. The zero-order valence-corrected chi connectivity index (χ0v) is 10.0. The Kier molecular flexibility index (Phi) is 3.90. The molecule has 6 heteroatoms. The predicted octanol–water partition coefficient (Wildman–Crippen LogP) is 1.22. The van der Waals surface area contributed by atoms with Gasteiger partial charge in [-0.2, -0.15) is 0 Å². The lowest BCUT2D eigenvalue weighted by molar-refractivity contribution is -0.116. The van der Waals surface area contributed by atoms with Gasteiger partial charge in [-0.15, -0.1) is 5.10 Å². The van der Waals surface area contributed by atoms with Crippen LogP contribution in [-0.2, 0) is 11.8 Å². The number of ether oxygens (including phenoxy) is 1. The third-order valence-corrected chi connectivity index (χ3v) is 2.21. The van der Waals surface area contributed by atoms with Crippen LogP contribution in [0.2, 0.25) is 0 Å². The first-order valence-electron chi connectivity index (χ1n) is 5.58. The molecule has 0 bridgehead atoms. The molecule has 0 aliphatic rings. The zero-order valence-electron chi connectivity index (χ0n) is 10.0. The Morgan fingerprint density at radius 2 is 2.17 bits per heavy atom. The minimum atomic E-state index is -0.147. The number of benzene rings is 1. The second kappa shape index (κ2) is 5.81. The van der Waals surface area contributed by atoms with E-state index in [0.29, 0.717) is 12.4 Å². The first-order chi connectivity index (χ1) is 8.74. The highest BCUT2D eigenvalue weighted by atomic mass is 16.5. The van der Waals surface area contributed by atoms with Crippen LogP contribution in [0.15, 0.2) is 36.5 Å². The lowest BCUT2D eigenvalue weighted by atomic mass is 10.3. The third-order valence-electron chi connectivity index (χ3n) is 2.21. The molecule has 0 aliphatic heterocycles. The van der Waals surface area contributed by atoms with Gasteiger partial charge in [-0.05, 0) is 12.1 Å². The van der Waals surface area contributed by atoms with Crippen LogP contribution in [0.5, 0.6) is 5.75 Å². The van der Waals surface area contributed by atoms with Crippen molar-refractivity contribution < 1.29 is 9.53 Å². The van der Waals surface area contributed by atoms with Crippen molar-refractivity contribution in [2.75, 3.05) is 11.9 Å². The van der Waals surface area contributed by atoms with Gasteiger partial charge in [-0.1, -0.05) is 23.4 Å². The Hall–Kier alpha value is -2.37. The molecule has 0 aliphatic carbocycles. The topological polar surface area (TPSA) is 69.0 Å². The fourth-order valence-electron chi connectivity index (χ4n) is 1.39. The summed E-state index contributed by atoms with van der Waals surface area (Å²) in [7, 11) is 1.74. The summed E-state index contributed by atoms with van der Waals surface area (Å²) in [5, 5.41) is 10.1. The van der Waals surface area contributed by atoms with Crippen LogP contribution in [0.25, 0.3) is 0 Å². The SMILES string of the molecule is Cn1cc(NC(=O)CCOc2ccccc2)nn1. The molecule has 2 aromatic rings. The number of hydrogen-bond donors (Lipinski definition) is 1. The molecule has 1 heterocycles. The molecule has 2 rings (SSSR count). The van der Waals surface area contributed by atoms with Gasteiger partial charge in [0.25, 0.3) is 0 Å². The number of carbonyl (C=O) groups excluding carboxylic acids is 1. The van der Waals surface area contributed by atoms with Gasteiger partial charge in [0.1, 0.15) is 5.75 Å². The van der Waals surface area contributed by atoms with Gasteiger partial charge in [0.15, 0.2) is 5.82 Å². The number of hydrogen-bond acceptors (Lipinski definition) is 4. The highest BCUT2D eigenvalue weighted by molar-refractivity contribution is 5.89. The van der Waals surface area contributed by atoms with Gasteiger partial charge in [0.2, 0.25) is 5.91 Å². The van der Waals surface area contributed by atoms with E-state index in [-0.39, 0.29) is 12.3 Å². The first-order valence-corrected chi connectivity index (χ1v) is 5.58. The number of anilines is 1. The maximum atomic E-state index is 11.5. The Morgan fingerprint density at radius 1 is 1.39 bits per heavy atom. The summed E-state index contributed by atoms with van der Waals surface area (Å²) in [5.74, 6) is 1.05. The zero-order chi connectivity index (χ0) is 12.8. The Balaban J connectivity index is 1.72. The standard InChI is InChI=1S/C12H14N4O2/c1-16-9-11(14-15-16)13-12(17)7-8-18-10-5-3-2-4-6-10/h2-6,9H,7-8H2,1H3,(H,13,17). The molecule has 0 fully saturated rings. The summed E-state index contributed by atoms with van der Waals surface area (Å²) in [6, 6.07) is 9.37. The summed E-state index contributed by atoms with van der Waals surface area (Å²) in [6.45, 7) is 0.329. The minimum absolute atomic E-state index is 0.147. The lowest BCUT2D eigenvalue weighted by Gasteiger charge is -2.05. The maximum Gasteiger partial charge on any atom is 0.229 e. The lowest BCUT2D eigenvalue weighted by Crippen LogP contribution is -2.15. The third kappa shape index (κ3) is 3.58. The average Bonchev–Trinajstić information content (AvgIpc) is 2.76. The van der Waals surface area contributed by atoms with Crippen molar-refractivity contribution >= 4 is 11.7 Å². The summed E-state index contributed by atoms with van der Waals surface area (Å²) >= 11 is 0. The van der Waals surface area contributed by atoms with Gasteiger partial charge in [0, 0.05) is 7.05 Å². The van der Waals surface area contributed by atoms with E-state index >= 15 is 0 Å². The molecule has 0 radical (unpaired) electrons. The minimum Gasteiger partial charge on any atom is -0.493 e. The van der Waals surface area contributed by atoms with E-state index in [1.54, 1.807) is 13.2 Å². The number of aromatic nitrogens is 3. The van der Waals surface area contributed by atoms with Crippen LogP contribution in [0.3, 0.4) is 0 Å². The molecule has 18 heavy (non-hydrogen) atoms. The maximum absolute atomic E-state index is 11.5. The summed E-state index contributed by atoms with van der Waals surface area (Å²) in [4.78, 5) is 11.5. The normalized spacial score (nSPS) is 10.1. The molecule has 94 valence electrons. The number of amides is 1. The van der Waals surface area contributed by atoms with E-state index in [0.717, 1.165) is 5.75 Å². The van der Waals surface area contributed by atoms with E-state index in [9.17, 15) is 4.79 Å². The van der Waals surface area contributed by atoms with Crippen LogP contribution in [0.1, 0.15) is 6.42 Å².